The van der Waals surface area contributed by atoms with Crippen LogP contribution in [0.2, 0.25) is 0 Å². The van der Waals surface area contributed by atoms with Crippen molar-refractivity contribution in [1.29, 1.82) is 0 Å². The highest BCUT2D eigenvalue weighted by Crippen LogP contribution is 2.46. The molecule has 0 bridgehead atoms. The van der Waals surface area contributed by atoms with Crippen molar-refractivity contribution >= 4 is 5.82 Å². The predicted octanol–water partition coefficient (Wildman–Crippen LogP) is 2.24. The van der Waals surface area contributed by atoms with Crippen molar-refractivity contribution in [2.45, 2.75) is 39.6 Å². The number of nitrogens with zero attached hydrogens (tertiary/aromatic N) is 5. The quantitative estimate of drug-likeness (QED) is 0.199. The molecule has 1 aromatic heterocycles. The Morgan fingerprint density at radius 3 is 2.84 bits per heavy atom. The topological polar surface area (TPSA) is 137 Å². The van der Waals surface area contributed by atoms with E-state index >= 15 is 0 Å². The van der Waals surface area contributed by atoms with E-state index in [1.54, 1.807) is 0 Å². The van der Waals surface area contributed by atoms with Gasteiger partial charge in [0.05, 0.1) is 6.61 Å². The van der Waals surface area contributed by atoms with Gasteiger partial charge in [-0.1, -0.05) is 32.8 Å². The summed E-state index contributed by atoms with van der Waals surface area (Å²) in [6, 6.07) is 1.51. The van der Waals surface area contributed by atoms with Crippen molar-refractivity contribution in [2.75, 3.05) is 18.9 Å². The SMILES string of the molecule is CC(C)COOC[C@@]1(N=[N+]=[N-])O[C@@H](n2ccc(N)nc2=O)[C@H](C)[C@@H]1C. The Balaban J connectivity index is 2.24. The van der Waals surface area contributed by atoms with E-state index in [1.807, 2.05) is 27.7 Å². The third kappa shape index (κ3) is 4.10. The van der Waals surface area contributed by atoms with E-state index in [0.717, 1.165) is 0 Å². The summed E-state index contributed by atoms with van der Waals surface area (Å²) in [5.41, 5.74) is 12.7. The molecule has 2 rings (SSSR count). The molecule has 0 aliphatic carbocycles. The number of rotatable bonds is 7. The third-order valence-electron chi connectivity index (χ3n) is 4.36. The second-order valence-electron chi connectivity index (χ2n) is 6.67. The summed E-state index contributed by atoms with van der Waals surface area (Å²) in [4.78, 5) is 29.1. The van der Waals surface area contributed by atoms with E-state index in [2.05, 4.69) is 15.0 Å². The molecule has 0 amide bonds. The van der Waals surface area contributed by atoms with Crippen LogP contribution in [0, 0.1) is 17.8 Å². The lowest BCUT2D eigenvalue weighted by atomic mass is 9.89. The first-order valence-corrected chi connectivity index (χ1v) is 8.14. The van der Waals surface area contributed by atoms with Gasteiger partial charge < -0.3 is 10.5 Å². The van der Waals surface area contributed by atoms with Crippen LogP contribution in [0.15, 0.2) is 22.2 Å². The first-order valence-electron chi connectivity index (χ1n) is 8.14. The molecule has 1 aromatic rings. The summed E-state index contributed by atoms with van der Waals surface area (Å²) in [7, 11) is 0. The highest BCUT2D eigenvalue weighted by atomic mass is 17.2. The monoisotopic (exact) mass is 352 g/mol. The molecule has 25 heavy (non-hydrogen) atoms. The fourth-order valence-electron chi connectivity index (χ4n) is 2.71. The van der Waals surface area contributed by atoms with Gasteiger partial charge in [0, 0.05) is 22.9 Å². The molecular formula is C15H24N6O4. The molecule has 1 saturated heterocycles. The van der Waals surface area contributed by atoms with Gasteiger partial charge in [0.2, 0.25) is 0 Å². The molecule has 4 atom stereocenters. The molecule has 2 heterocycles. The maximum Gasteiger partial charge on any atom is 0.351 e. The van der Waals surface area contributed by atoms with Gasteiger partial charge in [-0.15, -0.1) is 0 Å². The lowest BCUT2D eigenvalue weighted by Crippen LogP contribution is -2.38. The summed E-state index contributed by atoms with van der Waals surface area (Å²) >= 11 is 0. The summed E-state index contributed by atoms with van der Waals surface area (Å²) < 4.78 is 7.32. The van der Waals surface area contributed by atoms with Gasteiger partial charge >= 0.3 is 5.69 Å². The summed E-state index contributed by atoms with van der Waals surface area (Å²) in [5, 5.41) is 3.82. The lowest BCUT2D eigenvalue weighted by molar-refractivity contribution is -0.326. The first kappa shape index (κ1) is 19.2. The standard InChI is InChI=1S/C15H24N6O4/c1-9(2)7-23-24-8-15(19-20-17)11(4)10(3)13(25-15)21-6-5-12(16)18-14(21)22/h5-6,9-11,13H,7-8H2,1-4H3,(H2,16,18,22)/t10-,11+,13-,15-/m1/s1. The number of aromatic nitrogens is 2. The number of nitrogens with two attached hydrogens (primary N) is 1. The lowest BCUT2D eigenvalue weighted by Gasteiger charge is -2.27. The average Bonchev–Trinajstić information content (AvgIpc) is 2.78. The molecular weight excluding hydrogens is 328 g/mol. The molecule has 1 aliphatic rings. The van der Waals surface area contributed by atoms with Crippen LogP contribution in [-0.4, -0.2) is 28.5 Å². The zero-order valence-electron chi connectivity index (χ0n) is 14.8. The zero-order chi connectivity index (χ0) is 18.6. The van der Waals surface area contributed by atoms with Crippen LogP contribution in [-0.2, 0) is 14.5 Å². The van der Waals surface area contributed by atoms with Crippen LogP contribution in [0.1, 0.15) is 33.9 Å². The molecule has 0 aromatic carbocycles. The van der Waals surface area contributed by atoms with Crippen LogP contribution < -0.4 is 11.4 Å². The van der Waals surface area contributed by atoms with E-state index in [1.165, 1.54) is 16.8 Å². The second kappa shape index (κ2) is 7.83. The maximum absolute atomic E-state index is 12.1. The number of nitrogen functional groups attached to an aromatic ring is 1. The predicted molar refractivity (Wildman–Crippen MR) is 90.0 cm³/mol. The zero-order valence-corrected chi connectivity index (χ0v) is 14.8. The van der Waals surface area contributed by atoms with E-state index in [0.29, 0.717) is 12.5 Å². The molecule has 2 N–H and O–H groups in total. The van der Waals surface area contributed by atoms with Crippen molar-refractivity contribution in [3.05, 3.63) is 33.2 Å². The molecule has 10 nitrogen and oxygen atoms in total. The molecule has 0 unspecified atom stereocenters. The van der Waals surface area contributed by atoms with E-state index in [4.69, 9.17) is 25.8 Å². The van der Waals surface area contributed by atoms with Crippen molar-refractivity contribution < 1.29 is 14.5 Å². The summed E-state index contributed by atoms with van der Waals surface area (Å²) in [6.45, 7) is 8.08. The van der Waals surface area contributed by atoms with Gasteiger partial charge in [-0.05, 0) is 17.5 Å². The van der Waals surface area contributed by atoms with Crippen LogP contribution in [0.25, 0.3) is 10.4 Å². The van der Waals surface area contributed by atoms with Crippen LogP contribution in [0.5, 0.6) is 0 Å². The van der Waals surface area contributed by atoms with Crippen molar-refractivity contribution in [2.24, 2.45) is 22.9 Å². The van der Waals surface area contributed by atoms with Crippen LogP contribution in [0.3, 0.4) is 0 Å². The number of azide groups is 1. The van der Waals surface area contributed by atoms with Crippen molar-refractivity contribution in [3.63, 3.8) is 0 Å². The fourth-order valence-corrected chi connectivity index (χ4v) is 2.71. The van der Waals surface area contributed by atoms with Gasteiger partial charge in [-0.25, -0.2) is 14.6 Å². The fraction of sp³-hybridized carbons (Fsp3) is 0.733. The highest BCUT2D eigenvalue weighted by Gasteiger charge is 2.52. The number of anilines is 1. The molecule has 0 saturated carbocycles. The minimum Gasteiger partial charge on any atom is -0.383 e. The Morgan fingerprint density at radius 2 is 2.24 bits per heavy atom. The minimum absolute atomic E-state index is 0.0804. The smallest absolute Gasteiger partial charge is 0.351 e. The van der Waals surface area contributed by atoms with Crippen LogP contribution >= 0.6 is 0 Å². The minimum atomic E-state index is -1.28. The van der Waals surface area contributed by atoms with E-state index in [-0.39, 0.29) is 24.3 Å². The first-order chi connectivity index (χ1) is 11.8. The molecule has 138 valence electrons. The highest BCUT2D eigenvalue weighted by molar-refractivity contribution is 5.23. The molecule has 1 fully saturated rings. The number of hydrogen-bond acceptors (Lipinski definition) is 7. The van der Waals surface area contributed by atoms with E-state index in [9.17, 15) is 4.79 Å². The van der Waals surface area contributed by atoms with Gasteiger partial charge in [0.25, 0.3) is 0 Å². The van der Waals surface area contributed by atoms with Gasteiger partial charge in [-0.3, -0.25) is 4.57 Å². The second-order valence-corrected chi connectivity index (χ2v) is 6.67. The van der Waals surface area contributed by atoms with Gasteiger partial charge in [-0.2, -0.15) is 4.98 Å². The Morgan fingerprint density at radius 1 is 1.52 bits per heavy atom. The largest absolute Gasteiger partial charge is 0.383 e. The Kier molecular flexibility index (Phi) is 6.02. The normalized spacial score (nSPS) is 28.9. The molecule has 0 radical (unpaired) electrons. The Bertz CT molecular complexity index is 702. The maximum atomic E-state index is 12.1. The summed E-state index contributed by atoms with van der Waals surface area (Å²) in [5.74, 6) is 0.0675. The Labute approximate surface area is 145 Å². The molecule has 0 spiro atoms. The average molecular weight is 352 g/mol. The number of ether oxygens (including phenoxy) is 1. The van der Waals surface area contributed by atoms with E-state index < -0.39 is 17.6 Å². The van der Waals surface area contributed by atoms with Crippen LogP contribution in [0.4, 0.5) is 5.82 Å². The third-order valence-corrected chi connectivity index (χ3v) is 4.36. The molecule has 10 heteroatoms. The van der Waals surface area contributed by atoms with Gasteiger partial charge in [0.15, 0.2) is 5.72 Å². The Hall–Kier alpha value is -2.13. The summed E-state index contributed by atoms with van der Waals surface area (Å²) in [6.07, 6.45) is 0.857. The van der Waals surface area contributed by atoms with Crippen molar-refractivity contribution in [3.8, 4) is 0 Å². The number of hydrogen-bond donors (Lipinski definition) is 1. The van der Waals surface area contributed by atoms with Crippen molar-refractivity contribution in [1.82, 2.24) is 9.55 Å². The molecule has 1 aliphatic heterocycles. The van der Waals surface area contributed by atoms with Gasteiger partial charge in [0.1, 0.15) is 18.7 Å².